The van der Waals surface area contributed by atoms with Crippen molar-refractivity contribution >= 4 is 5.91 Å². The van der Waals surface area contributed by atoms with Gasteiger partial charge in [-0.25, -0.2) is 0 Å². The first-order valence-electron chi connectivity index (χ1n) is 7.82. The van der Waals surface area contributed by atoms with Crippen LogP contribution in [0.15, 0.2) is 24.3 Å². The molecule has 2 unspecified atom stereocenters. The van der Waals surface area contributed by atoms with Crippen molar-refractivity contribution in [1.82, 2.24) is 5.32 Å². The summed E-state index contributed by atoms with van der Waals surface area (Å²) < 4.78 is 5.61. The van der Waals surface area contributed by atoms with Crippen molar-refractivity contribution in [2.75, 3.05) is 0 Å². The van der Waals surface area contributed by atoms with Crippen LogP contribution in [0.2, 0.25) is 0 Å². The lowest BCUT2D eigenvalue weighted by Crippen LogP contribution is -2.42. The van der Waals surface area contributed by atoms with Gasteiger partial charge in [0.15, 0.2) is 0 Å². The smallest absolute Gasteiger partial charge is 0.251 e. The first-order valence-corrected chi connectivity index (χ1v) is 7.82. The molecule has 4 nitrogen and oxygen atoms in total. The van der Waals surface area contributed by atoms with Gasteiger partial charge < -0.3 is 15.2 Å². The predicted molar refractivity (Wildman–Crippen MR) is 82.6 cm³/mol. The molecule has 21 heavy (non-hydrogen) atoms. The molecule has 2 N–H and O–H groups in total. The highest BCUT2D eigenvalue weighted by atomic mass is 16.5. The van der Waals surface area contributed by atoms with Crippen molar-refractivity contribution in [2.45, 2.75) is 64.2 Å². The molecule has 1 aliphatic rings. The Balaban J connectivity index is 2.02. The maximum atomic E-state index is 12.3. The average molecular weight is 291 g/mol. The summed E-state index contributed by atoms with van der Waals surface area (Å²) in [6.07, 6.45) is 4.46. The van der Waals surface area contributed by atoms with Crippen LogP contribution in [0.1, 0.15) is 56.3 Å². The van der Waals surface area contributed by atoms with E-state index in [2.05, 4.69) is 5.32 Å². The SMILES string of the molecule is CC(C)Oc1cccc(C(=O)NC2CCCCCC2O)c1. The number of aliphatic hydroxyl groups is 1. The van der Waals surface area contributed by atoms with Gasteiger partial charge in [-0.3, -0.25) is 4.79 Å². The molecule has 0 radical (unpaired) electrons. The quantitative estimate of drug-likeness (QED) is 0.839. The molecule has 2 rings (SSSR count). The second-order valence-corrected chi connectivity index (χ2v) is 5.98. The molecule has 116 valence electrons. The molecule has 1 aromatic carbocycles. The zero-order valence-corrected chi connectivity index (χ0v) is 12.8. The number of carbonyl (C=O) groups excluding carboxylic acids is 1. The summed E-state index contributed by atoms with van der Waals surface area (Å²) in [5.74, 6) is 0.550. The third kappa shape index (κ3) is 4.74. The summed E-state index contributed by atoms with van der Waals surface area (Å²) in [4.78, 5) is 12.3. The molecule has 1 aliphatic carbocycles. The highest BCUT2D eigenvalue weighted by molar-refractivity contribution is 5.94. The van der Waals surface area contributed by atoms with Crippen LogP contribution in [0.5, 0.6) is 5.75 Å². The van der Waals surface area contributed by atoms with Crippen LogP contribution in [0.4, 0.5) is 0 Å². The van der Waals surface area contributed by atoms with Crippen LogP contribution in [0, 0.1) is 0 Å². The van der Waals surface area contributed by atoms with E-state index in [9.17, 15) is 9.90 Å². The van der Waals surface area contributed by atoms with Crippen LogP contribution in [0.25, 0.3) is 0 Å². The Bertz CT molecular complexity index is 473. The van der Waals surface area contributed by atoms with Crippen LogP contribution in [-0.2, 0) is 0 Å². The molecule has 1 saturated carbocycles. The van der Waals surface area contributed by atoms with Gasteiger partial charge in [0.25, 0.3) is 5.91 Å². The molecule has 0 spiro atoms. The summed E-state index contributed by atoms with van der Waals surface area (Å²) in [6.45, 7) is 3.91. The van der Waals surface area contributed by atoms with Crippen molar-refractivity contribution in [3.63, 3.8) is 0 Å². The summed E-state index contributed by atoms with van der Waals surface area (Å²) in [5.41, 5.74) is 0.574. The van der Waals surface area contributed by atoms with E-state index in [0.29, 0.717) is 11.3 Å². The first kappa shape index (κ1) is 15.8. The number of ether oxygens (including phenoxy) is 1. The Morgan fingerprint density at radius 3 is 2.81 bits per heavy atom. The number of carbonyl (C=O) groups is 1. The fourth-order valence-electron chi connectivity index (χ4n) is 2.69. The Kier molecular flexibility index (Phi) is 5.62. The van der Waals surface area contributed by atoms with Gasteiger partial charge in [-0.05, 0) is 44.9 Å². The van der Waals surface area contributed by atoms with E-state index in [0.717, 1.165) is 32.1 Å². The molecular formula is C17H25NO3. The third-order valence-corrected chi connectivity index (χ3v) is 3.76. The summed E-state index contributed by atoms with van der Waals surface area (Å²) in [5, 5.41) is 13.0. The number of amides is 1. The number of rotatable bonds is 4. The highest BCUT2D eigenvalue weighted by Crippen LogP contribution is 2.19. The maximum Gasteiger partial charge on any atom is 0.251 e. The minimum Gasteiger partial charge on any atom is -0.491 e. The molecule has 0 aromatic heterocycles. The average Bonchev–Trinajstić information content (AvgIpc) is 2.64. The monoisotopic (exact) mass is 291 g/mol. The van der Waals surface area contributed by atoms with Gasteiger partial charge >= 0.3 is 0 Å². The predicted octanol–water partition coefficient (Wildman–Crippen LogP) is 2.90. The number of hydrogen-bond acceptors (Lipinski definition) is 3. The topological polar surface area (TPSA) is 58.6 Å². The van der Waals surface area contributed by atoms with Gasteiger partial charge in [-0.1, -0.05) is 25.3 Å². The lowest BCUT2D eigenvalue weighted by molar-refractivity contribution is 0.0818. The molecule has 1 aromatic rings. The number of nitrogens with one attached hydrogen (secondary N) is 1. The van der Waals surface area contributed by atoms with Crippen molar-refractivity contribution < 1.29 is 14.6 Å². The van der Waals surface area contributed by atoms with E-state index in [1.54, 1.807) is 12.1 Å². The zero-order chi connectivity index (χ0) is 15.2. The Labute approximate surface area is 126 Å². The molecule has 4 heteroatoms. The van der Waals surface area contributed by atoms with E-state index >= 15 is 0 Å². The second-order valence-electron chi connectivity index (χ2n) is 5.98. The van der Waals surface area contributed by atoms with Crippen molar-refractivity contribution in [1.29, 1.82) is 0 Å². The third-order valence-electron chi connectivity index (χ3n) is 3.76. The first-order chi connectivity index (χ1) is 10.1. The molecule has 0 aliphatic heterocycles. The van der Waals surface area contributed by atoms with E-state index < -0.39 is 6.10 Å². The minimum absolute atomic E-state index is 0.0759. The zero-order valence-electron chi connectivity index (χ0n) is 12.8. The largest absolute Gasteiger partial charge is 0.491 e. The fraction of sp³-hybridized carbons (Fsp3) is 0.588. The second kappa shape index (κ2) is 7.46. The van der Waals surface area contributed by atoms with Gasteiger partial charge in [0.05, 0.1) is 18.2 Å². The number of aliphatic hydroxyl groups excluding tert-OH is 1. The summed E-state index contributed by atoms with van der Waals surface area (Å²) >= 11 is 0. The Morgan fingerprint density at radius 1 is 1.29 bits per heavy atom. The minimum atomic E-state index is -0.438. The fourth-order valence-corrected chi connectivity index (χ4v) is 2.69. The lowest BCUT2D eigenvalue weighted by atomic mass is 10.1. The Hall–Kier alpha value is -1.55. The molecular weight excluding hydrogens is 266 g/mol. The molecule has 2 atom stereocenters. The van der Waals surface area contributed by atoms with Gasteiger partial charge in [-0.2, -0.15) is 0 Å². The van der Waals surface area contributed by atoms with E-state index in [4.69, 9.17) is 4.74 Å². The molecule has 0 heterocycles. The van der Waals surface area contributed by atoms with Gasteiger partial charge in [0.1, 0.15) is 5.75 Å². The van der Waals surface area contributed by atoms with Crippen molar-refractivity contribution in [3.05, 3.63) is 29.8 Å². The van der Waals surface area contributed by atoms with Crippen LogP contribution in [0.3, 0.4) is 0 Å². The van der Waals surface area contributed by atoms with Crippen LogP contribution in [-0.4, -0.2) is 29.3 Å². The Morgan fingerprint density at radius 2 is 2.05 bits per heavy atom. The number of hydrogen-bond donors (Lipinski definition) is 2. The van der Waals surface area contributed by atoms with Gasteiger partial charge in [-0.15, -0.1) is 0 Å². The van der Waals surface area contributed by atoms with Crippen LogP contribution >= 0.6 is 0 Å². The highest BCUT2D eigenvalue weighted by Gasteiger charge is 2.23. The number of benzene rings is 1. The van der Waals surface area contributed by atoms with E-state index in [1.807, 2.05) is 26.0 Å². The molecule has 1 amide bonds. The van der Waals surface area contributed by atoms with E-state index in [1.165, 1.54) is 0 Å². The standard InChI is InChI=1S/C17H25NO3/c1-12(2)21-14-8-6-7-13(11-14)17(20)18-15-9-4-3-5-10-16(15)19/h6-8,11-12,15-16,19H,3-5,9-10H2,1-2H3,(H,18,20). The molecule has 0 saturated heterocycles. The summed E-state index contributed by atoms with van der Waals surface area (Å²) in [6, 6.07) is 7.03. The lowest BCUT2D eigenvalue weighted by Gasteiger charge is -2.22. The van der Waals surface area contributed by atoms with Crippen molar-refractivity contribution in [3.8, 4) is 5.75 Å². The maximum absolute atomic E-state index is 12.3. The molecule has 0 bridgehead atoms. The summed E-state index contributed by atoms with van der Waals surface area (Å²) in [7, 11) is 0. The van der Waals surface area contributed by atoms with Crippen molar-refractivity contribution in [2.24, 2.45) is 0 Å². The van der Waals surface area contributed by atoms with E-state index in [-0.39, 0.29) is 18.1 Å². The van der Waals surface area contributed by atoms with Gasteiger partial charge in [0, 0.05) is 5.56 Å². The van der Waals surface area contributed by atoms with Gasteiger partial charge in [0.2, 0.25) is 0 Å². The van der Waals surface area contributed by atoms with Crippen LogP contribution < -0.4 is 10.1 Å². The molecule has 1 fully saturated rings. The normalized spacial score (nSPS) is 22.7.